The molecule has 0 fully saturated rings. The number of nitrogens with zero attached hydrogens (tertiary/aromatic N) is 1. The Bertz CT molecular complexity index is 608. The van der Waals surface area contributed by atoms with Gasteiger partial charge in [0, 0.05) is 18.8 Å². The molecule has 0 radical (unpaired) electrons. The van der Waals surface area contributed by atoms with Crippen molar-refractivity contribution in [2.45, 2.75) is 0 Å². The van der Waals surface area contributed by atoms with Crippen LogP contribution in [-0.2, 0) is 0 Å². The second kappa shape index (κ2) is 4.97. The van der Waals surface area contributed by atoms with Crippen LogP contribution in [0.4, 0.5) is 10.1 Å². The molecule has 98 valence electrons. The van der Waals surface area contributed by atoms with Gasteiger partial charge in [0.05, 0.1) is 0 Å². The first-order valence-corrected chi connectivity index (χ1v) is 5.55. The Morgan fingerprint density at radius 3 is 2.47 bits per heavy atom. The number of hydrogen-bond acceptors (Lipinski definition) is 3. The van der Waals surface area contributed by atoms with Crippen LogP contribution >= 0.6 is 0 Å². The van der Waals surface area contributed by atoms with E-state index in [1.54, 1.807) is 12.1 Å². The van der Waals surface area contributed by atoms with E-state index in [1.807, 2.05) is 0 Å². The van der Waals surface area contributed by atoms with E-state index >= 15 is 0 Å². The van der Waals surface area contributed by atoms with Crippen molar-refractivity contribution in [1.29, 1.82) is 0 Å². The van der Waals surface area contributed by atoms with E-state index in [0.29, 0.717) is 5.69 Å². The average molecular weight is 261 g/mol. The first-order chi connectivity index (χ1) is 9.00. The van der Waals surface area contributed by atoms with E-state index in [-0.39, 0.29) is 5.75 Å². The van der Waals surface area contributed by atoms with Gasteiger partial charge in [-0.1, -0.05) is 12.1 Å². The standard InChI is InChI=1S/C14H12FNO3/c1-16(9-4-2-5-10(17)8-9)14(19)13-11(15)6-3-7-12(13)18/h2-8,17-18H,1H3. The summed E-state index contributed by atoms with van der Waals surface area (Å²) in [5, 5.41) is 18.9. The van der Waals surface area contributed by atoms with Crippen LogP contribution in [-0.4, -0.2) is 23.2 Å². The molecule has 0 unspecified atom stereocenters. The normalized spacial score (nSPS) is 10.2. The zero-order valence-corrected chi connectivity index (χ0v) is 10.2. The Kier molecular flexibility index (Phi) is 3.37. The van der Waals surface area contributed by atoms with Crippen molar-refractivity contribution in [2.75, 3.05) is 11.9 Å². The number of hydrogen-bond donors (Lipinski definition) is 2. The highest BCUT2D eigenvalue weighted by Crippen LogP contribution is 2.25. The Balaban J connectivity index is 2.39. The molecule has 0 saturated carbocycles. The molecule has 0 aromatic heterocycles. The molecule has 2 N–H and O–H groups in total. The molecule has 2 rings (SSSR count). The Labute approximate surface area is 109 Å². The largest absolute Gasteiger partial charge is 0.508 e. The number of rotatable bonds is 2. The zero-order valence-electron chi connectivity index (χ0n) is 10.2. The molecule has 0 bridgehead atoms. The van der Waals surface area contributed by atoms with Gasteiger partial charge in [-0.2, -0.15) is 0 Å². The van der Waals surface area contributed by atoms with Gasteiger partial charge in [0.15, 0.2) is 0 Å². The number of amides is 1. The van der Waals surface area contributed by atoms with Crippen LogP contribution in [0.5, 0.6) is 11.5 Å². The van der Waals surface area contributed by atoms with E-state index in [4.69, 9.17) is 0 Å². The van der Waals surface area contributed by atoms with Gasteiger partial charge in [-0.05, 0) is 24.3 Å². The molecular weight excluding hydrogens is 249 g/mol. The topological polar surface area (TPSA) is 60.8 Å². The van der Waals surface area contributed by atoms with Crippen LogP contribution in [0.25, 0.3) is 0 Å². The number of carbonyl (C=O) groups is 1. The monoisotopic (exact) mass is 261 g/mol. The number of carbonyl (C=O) groups excluding carboxylic acids is 1. The zero-order chi connectivity index (χ0) is 14.0. The fourth-order valence-electron chi connectivity index (χ4n) is 1.71. The van der Waals surface area contributed by atoms with Gasteiger partial charge in [0.2, 0.25) is 0 Å². The van der Waals surface area contributed by atoms with Crippen LogP contribution in [0.15, 0.2) is 42.5 Å². The molecule has 2 aromatic rings. The second-order valence-electron chi connectivity index (χ2n) is 4.02. The smallest absolute Gasteiger partial charge is 0.264 e. The molecule has 0 aliphatic heterocycles. The number of anilines is 1. The summed E-state index contributed by atoms with van der Waals surface area (Å²) in [5.74, 6) is -1.91. The molecule has 0 aliphatic rings. The lowest BCUT2D eigenvalue weighted by molar-refractivity contribution is 0.0986. The summed E-state index contributed by atoms with van der Waals surface area (Å²) in [6.07, 6.45) is 0. The van der Waals surface area contributed by atoms with Crippen molar-refractivity contribution in [1.82, 2.24) is 0 Å². The third kappa shape index (κ3) is 2.49. The fourth-order valence-corrected chi connectivity index (χ4v) is 1.71. The third-order valence-corrected chi connectivity index (χ3v) is 2.73. The highest BCUT2D eigenvalue weighted by molar-refractivity contribution is 6.07. The highest BCUT2D eigenvalue weighted by atomic mass is 19.1. The van der Waals surface area contributed by atoms with E-state index in [9.17, 15) is 19.4 Å². The predicted molar refractivity (Wildman–Crippen MR) is 68.9 cm³/mol. The van der Waals surface area contributed by atoms with Crippen LogP contribution in [0.2, 0.25) is 0 Å². The van der Waals surface area contributed by atoms with Crippen molar-refractivity contribution in [3.8, 4) is 11.5 Å². The van der Waals surface area contributed by atoms with Crippen molar-refractivity contribution < 1.29 is 19.4 Å². The van der Waals surface area contributed by atoms with Crippen molar-refractivity contribution in [3.05, 3.63) is 53.8 Å². The Morgan fingerprint density at radius 1 is 1.16 bits per heavy atom. The van der Waals surface area contributed by atoms with Crippen LogP contribution in [0.1, 0.15) is 10.4 Å². The molecule has 0 saturated heterocycles. The molecule has 4 nitrogen and oxygen atoms in total. The maximum atomic E-state index is 13.6. The molecule has 0 spiro atoms. The number of aromatic hydroxyl groups is 2. The first-order valence-electron chi connectivity index (χ1n) is 5.55. The molecule has 0 aliphatic carbocycles. The van der Waals surface area contributed by atoms with Gasteiger partial charge in [0.1, 0.15) is 22.9 Å². The molecule has 0 heterocycles. The molecule has 2 aromatic carbocycles. The number of halogens is 1. The average Bonchev–Trinajstić information content (AvgIpc) is 2.37. The van der Waals surface area contributed by atoms with Gasteiger partial charge in [-0.3, -0.25) is 4.79 Å². The number of phenolic OH excluding ortho intramolecular Hbond substituents is 2. The van der Waals surface area contributed by atoms with Crippen LogP contribution in [0.3, 0.4) is 0 Å². The first kappa shape index (κ1) is 12.9. The lowest BCUT2D eigenvalue weighted by Gasteiger charge is -2.18. The van der Waals surface area contributed by atoms with Gasteiger partial charge in [-0.25, -0.2) is 4.39 Å². The number of phenols is 2. The quantitative estimate of drug-likeness (QED) is 0.873. The SMILES string of the molecule is CN(C(=O)c1c(O)cccc1F)c1cccc(O)c1. The van der Waals surface area contributed by atoms with Crippen molar-refractivity contribution >= 4 is 11.6 Å². The summed E-state index contributed by atoms with van der Waals surface area (Å²) >= 11 is 0. The number of benzene rings is 2. The predicted octanol–water partition coefficient (Wildman–Crippen LogP) is 2.51. The fraction of sp³-hybridized carbons (Fsp3) is 0.0714. The maximum absolute atomic E-state index is 13.6. The van der Waals surface area contributed by atoms with Gasteiger partial charge >= 0.3 is 0 Å². The Hall–Kier alpha value is -2.56. The summed E-state index contributed by atoms with van der Waals surface area (Å²) in [7, 11) is 1.43. The summed E-state index contributed by atoms with van der Waals surface area (Å²) in [5.41, 5.74) is 0.000922. The minimum absolute atomic E-state index is 0.00472. The summed E-state index contributed by atoms with van der Waals surface area (Å²) in [4.78, 5) is 13.3. The Morgan fingerprint density at radius 2 is 1.84 bits per heavy atom. The van der Waals surface area contributed by atoms with E-state index < -0.39 is 23.0 Å². The van der Waals surface area contributed by atoms with Gasteiger partial charge in [-0.15, -0.1) is 0 Å². The van der Waals surface area contributed by atoms with Gasteiger partial charge in [0.25, 0.3) is 5.91 Å². The van der Waals surface area contributed by atoms with Crippen LogP contribution < -0.4 is 4.90 Å². The van der Waals surface area contributed by atoms with Crippen molar-refractivity contribution in [2.24, 2.45) is 0 Å². The van der Waals surface area contributed by atoms with Crippen LogP contribution in [0, 0.1) is 5.82 Å². The van der Waals surface area contributed by atoms with E-state index in [1.165, 1.54) is 31.3 Å². The lowest BCUT2D eigenvalue weighted by atomic mass is 10.1. The summed E-state index contributed by atoms with van der Waals surface area (Å²) < 4.78 is 13.6. The summed E-state index contributed by atoms with van der Waals surface area (Å²) in [6.45, 7) is 0. The van der Waals surface area contributed by atoms with Crippen molar-refractivity contribution in [3.63, 3.8) is 0 Å². The second-order valence-corrected chi connectivity index (χ2v) is 4.02. The third-order valence-electron chi connectivity index (χ3n) is 2.73. The molecular formula is C14H12FNO3. The molecule has 19 heavy (non-hydrogen) atoms. The molecule has 0 atom stereocenters. The minimum Gasteiger partial charge on any atom is -0.508 e. The molecule has 5 heteroatoms. The molecule has 1 amide bonds. The summed E-state index contributed by atoms with van der Waals surface area (Å²) in [6, 6.07) is 9.65. The van der Waals surface area contributed by atoms with Gasteiger partial charge < -0.3 is 15.1 Å². The van der Waals surface area contributed by atoms with E-state index in [0.717, 1.165) is 11.0 Å². The highest BCUT2D eigenvalue weighted by Gasteiger charge is 2.21. The maximum Gasteiger partial charge on any atom is 0.264 e. The van der Waals surface area contributed by atoms with E-state index in [2.05, 4.69) is 0 Å². The lowest BCUT2D eigenvalue weighted by Crippen LogP contribution is -2.27. The minimum atomic E-state index is -0.794.